The van der Waals surface area contributed by atoms with Gasteiger partial charge in [-0.3, -0.25) is 9.48 Å². The summed E-state index contributed by atoms with van der Waals surface area (Å²) in [6.45, 7) is 7.30. The highest BCUT2D eigenvalue weighted by Crippen LogP contribution is 2.29. The van der Waals surface area contributed by atoms with Crippen molar-refractivity contribution in [2.75, 3.05) is 6.54 Å². The summed E-state index contributed by atoms with van der Waals surface area (Å²) in [5.74, 6) is 0.391. The Hall–Kier alpha value is -3.34. The molecule has 5 nitrogen and oxygen atoms in total. The fourth-order valence-corrected chi connectivity index (χ4v) is 4.14. The van der Waals surface area contributed by atoms with Crippen LogP contribution in [0.25, 0.3) is 11.1 Å². The molecule has 0 radical (unpaired) electrons. The average molecular weight is 402 g/mol. The zero-order valence-corrected chi connectivity index (χ0v) is 17.7. The second-order valence-electron chi connectivity index (χ2n) is 7.56. The monoisotopic (exact) mass is 401 g/mol. The molecule has 0 aliphatic rings. The summed E-state index contributed by atoms with van der Waals surface area (Å²) in [6.07, 6.45) is 0.804. The molecule has 2 heterocycles. The van der Waals surface area contributed by atoms with Crippen LogP contribution in [0.5, 0.6) is 0 Å². The molecule has 0 aliphatic carbocycles. The van der Waals surface area contributed by atoms with E-state index in [2.05, 4.69) is 58.9 Å². The van der Waals surface area contributed by atoms with E-state index in [1.54, 1.807) is 0 Å². The predicted molar refractivity (Wildman–Crippen MR) is 119 cm³/mol. The van der Waals surface area contributed by atoms with Gasteiger partial charge in [-0.05, 0) is 38.3 Å². The van der Waals surface area contributed by atoms with Crippen LogP contribution in [-0.2, 0) is 6.54 Å². The largest absolute Gasteiger partial charge is 0.431 e. The third-order valence-electron chi connectivity index (χ3n) is 5.72. The standard InChI is InChI=1S/C25H27N3O2/c1-4-28-18(3)22-17(2)23(30-25(22)27-28)24(29)26-16-15-21(19-11-7-5-8-12-19)20-13-9-6-10-14-20/h5-14,21H,4,15-16H2,1-3H3,(H,26,29). The molecule has 0 atom stereocenters. The Balaban J connectivity index is 1.49. The summed E-state index contributed by atoms with van der Waals surface area (Å²) < 4.78 is 7.70. The van der Waals surface area contributed by atoms with Crippen molar-refractivity contribution in [3.8, 4) is 0 Å². The fourth-order valence-electron chi connectivity index (χ4n) is 4.14. The molecule has 0 bridgehead atoms. The molecule has 2 aromatic heterocycles. The summed E-state index contributed by atoms with van der Waals surface area (Å²) in [7, 11) is 0. The van der Waals surface area contributed by atoms with Crippen LogP contribution in [0.3, 0.4) is 0 Å². The quantitative estimate of drug-likeness (QED) is 0.462. The number of amides is 1. The zero-order chi connectivity index (χ0) is 21.1. The topological polar surface area (TPSA) is 60.1 Å². The molecule has 4 aromatic rings. The van der Waals surface area contributed by atoms with Gasteiger partial charge in [-0.1, -0.05) is 60.7 Å². The maximum atomic E-state index is 12.8. The molecule has 0 aliphatic heterocycles. The molecule has 5 heteroatoms. The van der Waals surface area contributed by atoms with Crippen molar-refractivity contribution in [3.05, 3.63) is 88.8 Å². The first-order chi connectivity index (χ1) is 14.6. The van der Waals surface area contributed by atoms with E-state index in [9.17, 15) is 4.79 Å². The molecule has 0 saturated carbocycles. The molecule has 4 rings (SSSR count). The second-order valence-corrected chi connectivity index (χ2v) is 7.56. The number of hydrogen-bond donors (Lipinski definition) is 1. The number of carbonyl (C=O) groups is 1. The number of benzene rings is 2. The Bertz CT molecular complexity index is 1100. The predicted octanol–water partition coefficient (Wildman–Crippen LogP) is 5.22. The Morgan fingerprint density at radius 2 is 1.63 bits per heavy atom. The van der Waals surface area contributed by atoms with Crippen molar-refractivity contribution in [1.29, 1.82) is 0 Å². The normalized spacial score (nSPS) is 11.3. The van der Waals surface area contributed by atoms with E-state index in [0.717, 1.165) is 29.6 Å². The van der Waals surface area contributed by atoms with Gasteiger partial charge in [0.25, 0.3) is 5.91 Å². The molecule has 0 spiro atoms. The molecular formula is C25H27N3O2. The number of rotatable bonds is 7. The Morgan fingerprint density at radius 1 is 1.03 bits per heavy atom. The molecular weight excluding hydrogens is 374 g/mol. The van der Waals surface area contributed by atoms with Gasteiger partial charge in [0, 0.05) is 30.3 Å². The second kappa shape index (κ2) is 8.57. The maximum absolute atomic E-state index is 12.8. The summed E-state index contributed by atoms with van der Waals surface area (Å²) in [5.41, 5.74) is 4.90. The molecule has 2 aromatic carbocycles. The Kier molecular flexibility index (Phi) is 5.70. The minimum absolute atomic E-state index is 0.187. The van der Waals surface area contributed by atoms with Crippen molar-refractivity contribution < 1.29 is 9.21 Å². The van der Waals surface area contributed by atoms with Crippen molar-refractivity contribution in [2.45, 2.75) is 39.7 Å². The molecule has 1 N–H and O–H groups in total. The molecule has 154 valence electrons. The number of hydrogen-bond acceptors (Lipinski definition) is 3. The van der Waals surface area contributed by atoms with E-state index in [0.29, 0.717) is 18.0 Å². The van der Waals surface area contributed by atoms with E-state index in [1.165, 1.54) is 11.1 Å². The van der Waals surface area contributed by atoms with Crippen LogP contribution >= 0.6 is 0 Å². The van der Waals surface area contributed by atoms with Gasteiger partial charge in [0.2, 0.25) is 5.71 Å². The first-order valence-corrected chi connectivity index (χ1v) is 10.4. The van der Waals surface area contributed by atoms with Crippen molar-refractivity contribution in [3.63, 3.8) is 0 Å². The van der Waals surface area contributed by atoms with Gasteiger partial charge >= 0.3 is 0 Å². The van der Waals surface area contributed by atoms with Gasteiger partial charge in [-0.25, -0.2) is 0 Å². The van der Waals surface area contributed by atoms with Crippen molar-refractivity contribution in [2.24, 2.45) is 0 Å². The molecule has 0 unspecified atom stereocenters. The highest BCUT2D eigenvalue weighted by Gasteiger charge is 2.22. The first-order valence-electron chi connectivity index (χ1n) is 10.4. The van der Waals surface area contributed by atoms with E-state index >= 15 is 0 Å². The third kappa shape index (κ3) is 3.75. The van der Waals surface area contributed by atoms with Crippen LogP contribution in [0.15, 0.2) is 65.1 Å². The lowest BCUT2D eigenvalue weighted by Crippen LogP contribution is -2.26. The molecule has 0 fully saturated rings. The highest BCUT2D eigenvalue weighted by molar-refractivity contribution is 5.98. The summed E-state index contributed by atoms with van der Waals surface area (Å²) in [6, 6.07) is 20.8. The number of nitrogens with one attached hydrogen (secondary N) is 1. The molecule has 30 heavy (non-hydrogen) atoms. The number of nitrogens with zero attached hydrogens (tertiary/aromatic N) is 2. The maximum Gasteiger partial charge on any atom is 0.287 e. The number of carbonyl (C=O) groups excluding carboxylic acids is 1. The molecule has 1 amide bonds. The fraction of sp³-hybridized carbons (Fsp3) is 0.280. The lowest BCUT2D eigenvalue weighted by Gasteiger charge is -2.18. The average Bonchev–Trinajstić information content (AvgIpc) is 3.28. The van der Waals surface area contributed by atoms with Gasteiger partial charge in [-0.2, -0.15) is 0 Å². The van der Waals surface area contributed by atoms with Crippen molar-refractivity contribution >= 4 is 17.0 Å². The van der Waals surface area contributed by atoms with Gasteiger partial charge in [-0.15, -0.1) is 5.10 Å². The first kappa shape index (κ1) is 20.0. The minimum atomic E-state index is -0.187. The zero-order valence-electron chi connectivity index (χ0n) is 17.7. The SMILES string of the molecule is CCn1nc2oc(C(=O)NCCC(c3ccccc3)c3ccccc3)c(C)c2c1C. The highest BCUT2D eigenvalue weighted by atomic mass is 16.4. The molecule has 0 saturated heterocycles. The Labute approximate surface area is 176 Å². The lowest BCUT2D eigenvalue weighted by molar-refractivity contribution is 0.0926. The summed E-state index contributed by atoms with van der Waals surface area (Å²) >= 11 is 0. The minimum Gasteiger partial charge on any atom is -0.431 e. The van der Waals surface area contributed by atoms with Gasteiger partial charge < -0.3 is 9.73 Å². The van der Waals surface area contributed by atoms with Crippen LogP contribution in [0, 0.1) is 13.8 Å². The van der Waals surface area contributed by atoms with Crippen LogP contribution in [0.4, 0.5) is 0 Å². The van der Waals surface area contributed by atoms with Gasteiger partial charge in [0.15, 0.2) is 5.76 Å². The summed E-state index contributed by atoms with van der Waals surface area (Å²) in [5, 5.41) is 8.43. The third-order valence-corrected chi connectivity index (χ3v) is 5.72. The van der Waals surface area contributed by atoms with Crippen molar-refractivity contribution in [1.82, 2.24) is 15.1 Å². The van der Waals surface area contributed by atoms with E-state index in [4.69, 9.17) is 4.42 Å². The van der Waals surface area contributed by atoms with E-state index in [-0.39, 0.29) is 11.8 Å². The Morgan fingerprint density at radius 3 is 2.17 bits per heavy atom. The van der Waals surface area contributed by atoms with Crippen LogP contribution in [0.2, 0.25) is 0 Å². The number of aromatic nitrogens is 2. The number of aryl methyl sites for hydroxylation is 3. The van der Waals surface area contributed by atoms with E-state index in [1.807, 2.05) is 37.6 Å². The van der Waals surface area contributed by atoms with Crippen LogP contribution in [-0.4, -0.2) is 22.2 Å². The van der Waals surface area contributed by atoms with E-state index < -0.39 is 0 Å². The number of fused-ring (bicyclic) bond motifs is 1. The van der Waals surface area contributed by atoms with Gasteiger partial charge in [0.05, 0.1) is 5.39 Å². The van der Waals surface area contributed by atoms with Gasteiger partial charge in [0.1, 0.15) is 0 Å². The lowest BCUT2D eigenvalue weighted by atomic mass is 9.88. The summed E-state index contributed by atoms with van der Waals surface area (Å²) in [4.78, 5) is 12.8. The number of furan rings is 1. The van der Waals surface area contributed by atoms with Crippen LogP contribution in [0.1, 0.15) is 52.2 Å². The van der Waals surface area contributed by atoms with Crippen LogP contribution < -0.4 is 5.32 Å². The smallest absolute Gasteiger partial charge is 0.287 e.